The zero-order valence-corrected chi connectivity index (χ0v) is 9.56. The Bertz CT molecular complexity index is 557. The predicted molar refractivity (Wildman–Crippen MR) is 66.2 cm³/mol. The van der Waals surface area contributed by atoms with Gasteiger partial charge in [-0.05, 0) is 35.9 Å². The summed E-state index contributed by atoms with van der Waals surface area (Å²) in [5, 5.41) is 2.71. The molecule has 2 rings (SSSR count). The Morgan fingerprint density at radius 2 is 2.00 bits per heavy atom. The van der Waals surface area contributed by atoms with E-state index in [9.17, 15) is 9.18 Å². The summed E-state index contributed by atoms with van der Waals surface area (Å²) in [5.74, 6) is -0.789. The van der Waals surface area contributed by atoms with Gasteiger partial charge in [0.15, 0.2) is 0 Å². The summed E-state index contributed by atoms with van der Waals surface area (Å²) in [6.45, 7) is 0.373. The number of nitrogens with two attached hydrogens (primary N) is 1. The number of nitrogen functional groups attached to an aromatic ring is 1. The summed E-state index contributed by atoms with van der Waals surface area (Å²) >= 11 is 0. The van der Waals surface area contributed by atoms with Gasteiger partial charge in [0, 0.05) is 24.6 Å². The molecule has 0 spiro atoms. The van der Waals surface area contributed by atoms with Crippen LogP contribution >= 0.6 is 0 Å². The van der Waals surface area contributed by atoms with Gasteiger partial charge in [-0.3, -0.25) is 9.78 Å². The van der Waals surface area contributed by atoms with Gasteiger partial charge in [0.25, 0.3) is 5.91 Å². The largest absolute Gasteiger partial charge is 0.398 e. The van der Waals surface area contributed by atoms with Crippen LogP contribution in [0.4, 0.5) is 10.1 Å². The summed E-state index contributed by atoms with van der Waals surface area (Å²) in [6.07, 6.45) is 3.29. The van der Waals surface area contributed by atoms with E-state index in [2.05, 4.69) is 10.3 Å². The number of benzene rings is 1. The number of amides is 1. The zero-order chi connectivity index (χ0) is 13.0. The lowest BCUT2D eigenvalue weighted by molar-refractivity contribution is 0.0952. The molecule has 0 aliphatic carbocycles. The number of nitrogens with one attached hydrogen (secondary N) is 1. The number of nitrogens with zero attached hydrogens (tertiary/aromatic N) is 1. The van der Waals surface area contributed by atoms with Crippen molar-refractivity contribution < 1.29 is 9.18 Å². The molecular formula is C13H12FN3O. The lowest BCUT2D eigenvalue weighted by atomic mass is 10.1. The predicted octanol–water partition coefficient (Wildman–Crippen LogP) is 1.73. The first-order chi connectivity index (χ1) is 8.66. The number of aromatic nitrogens is 1. The monoisotopic (exact) mass is 245 g/mol. The van der Waals surface area contributed by atoms with Crippen LogP contribution < -0.4 is 11.1 Å². The molecule has 0 fully saturated rings. The van der Waals surface area contributed by atoms with E-state index in [1.165, 1.54) is 12.1 Å². The summed E-state index contributed by atoms with van der Waals surface area (Å²) in [6, 6.07) is 7.30. The van der Waals surface area contributed by atoms with Crippen LogP contribution in [0.25, 0.3) is 0 Å². The Kier molecular flexibility index (Phi) is 3.52. The molecule has 1 amide bonds. The average Bonchev–Trinajstić information content (AvgIpc) is 2.37. The minimum atomic E-state index is -0.460. The van der Waals surface area contributed by atoms with Crippen LogP contribution in [0.2, 0.25) is 0 Å². The van der Waals surface area contributed by atoms with Crippen LogP contribution in [0.1, 0.15) is 15.9 Å². The highest BCUT2D eigenvalue weighted by molar-refractivity contribution is 5.99. The number of carbonyl (C=O) groups is 1. The van der Waals surface area contributed by atoms with Gasteiger partial charge >= 0.3 is 0 Å². The molecule has 0 saturated carbocycles. The molecule has 3 N–H and O–H groups in total. The molecule has 0 bridgehead atoms. The molecule has 0 radical (unpaired) electrons. The van der Waals surface area contributed by atoms with Crippen LogP contribution in [0.5, 0.6) is 0 Å². The molecule has 1 heterocycles. The van der Waals surface area contributed by atoms with Crippen molar-refractivity contribution >= 4 is 11.6 Å². The first-order valence-corrected chi connectivity index (χ1v) is 5.39. The summed E-state index contributed by atoms with van der Waals surface area (Å²) < 4.78 is 12.8. The number of pyridine rings is 1. The highest BCUT2D eigenvalue weighted by atomic mass is 19.1. The fourth-order valence-corrected chi connectivity index (χ4v) is 1.52. The van der Waals surface area contributed by atoms with Gasteiger partial charge in [-0.15, -0.1) is 0 Å². The van der Waals surface area contributed by atoms with Crippen molar-refractivity contribution in [2.24, 2.45) is 0 Å². The molecule has 1 aromatic carbocycles. The molecule has 1 aromatic heterocycles. The van der Waals surface area contributed by atoms with E-state index in [4.69, 9.17) is 5.73 Å². The van der Waals surface area contributed by atoms with E-state index >= 15 is 0 Å². The van der Waals surface area contributed by atoms with Gasteiger partial charge in [-0.2, -0.15) is 0 Å². The zero-order valence-electron chi connectivity index (χ0n) is 9.56. The van der Waals surface area contributed by atoms with Crippen molar-refractivity contribution in [2.75, 3.05) is 5.73 Å². The van der Waals surface area contributed by atoms with E-state index in [-0.39, 0.29) is 17.2 Å². The van der Waals surface area contributed by atoms with E-state index in [1.54, 1.807) is 24.5 Å². The fraction of sp³-hybridized carbons (Fsp3) is 0.0769. The van der Waals surface area contributed by atoms with Gasteiger partial charge in [-0.25, -0.2) is 4.39 Å². The van der Waals surface area contributed by atoms with Crippen LogP contribution in [0.15, 0.2) is 42.7 Å². The molecule has 0 aliphatic heterocycles. The van der Waals surface area contributed by atoms with E-state index < -0.39 is 5.82 Å². The molecular weight excluding hydrogens is 233 g/mol. The summed E-state index contributed by atoms with van der Waals surface area (Å²) in [4.78, 5) is 15.7. The molecule has 0 saturated heterocycles. The highest BCUT2D eigenvalue weighted by Gasteiger charge is 2.09. The van der Waals surface area contributed by atoms with Crippen molar-refractivity contribution in [3.8, 4) is 0 Å². The van der Waals surface area contributed by atoms with Gasteiger partial charge in [-0.1, -0.05) is 0 Å². The van der Waals surface area contributed by atoms with Crippen molar-refractivity contribution in [3.05, 3.63) is 59.7 Å². The van der Waals surface area contributed by atoms with E-state index in [0.29, 0.717) is 6.54 Å². The third kappa shape index (κ3) is 2.82. The molecule has 5 heteroatoms. The Balaban J connectivity index is 2.04. The number of halogens is 1. The minimum absolute atomic E-state index is 0.127. The Morgan fingerprint density at radius 1 is 1.28 bits per heavy atom. The number of rotatable bonds is 3. The Labute approximate surface area is 104 Å². The average molecular weight is 245 g/mol. The topological polar surface area (TPSA) is 68.0 Å². The molecule has 0 atom stereocenters. The highest BCUT2D eigenvalue weighted by Crippen LogP contribution is 2.13. The maximum atomic E-state index is 12.8. The van der Waals surface area contributed by atoms with Gasteiger partial charge in [0.1, 0.15) is 5.82 Å². The number of carbonyl (C=O) groups excluding carboxylic acids is 1. The van der Waals surface area contributed by atoms with Gasteiger partial charge in [0.05, 0.1) is 5.56 Å². The maximum Gasteiger partial charge on any atom is 0.253 e. The normalized spacial score (nSPS) is 10.1. The maximum absolute atomic E-state index is 12.8. The smallest absolute Gasteiger partial charge is 0.253 e. The Morgan fingerprint density at radius 3 is 2.67 bits per heavy atom. The van der Waals surface area contributed by atoms with Gasteiger partial charge in [0.2, 0.25) is 0 Å². The van der Waals surface area contributed by atoms with Crippen molar-refractivity contribution in [3.63, 3.8) is 0 Å². The lowest BCUT2D eigenvalue weighted by Crippen LogP contribution is -2.23. The van der Waals surface area contributed by atoms with Crippen molar-refractivity contribution in [1.29, 1.82) is 0 Å². The van der Waals surface area contributed by atoms with Crippen molar-refractivity contribution in [1.82, 2.24) is 10.3 Å². The van der Waals surface area contributed by atoms with Crippen LogP contribution in [0, 0.1) is 5.82 Å². The first-order valence-electron chi connectivity index (χ1n) is 5.39. The van der Waals surface area contributed by atoms with E-state index in [1.807, 2.05) is 0 Å². The van der Waals surface area contributed by atoms with Crippen LogP contribution in [-0.4, -0.2) is 10.9 Å². The molecule has 0 unspecified atom stereocenters. The number of anilines is 1. The second-order valence-corrected chi connectivity index (χ2v) is 3.77. The molecule has 18 heavy (non-hydrogen) atoms. The molecule has 2 aromatic rings. The summed E-state index contributed by atoms with van der Waals surface area (Å²) in [5.41, 5.74) is 6.91. The van der Waals surface area contributed by atoms with Crippen molar-refractivity contribution in [2.45, 2.75) is 6.54 Å². The lowest BCUT2D eigenvalue weighted by Gasteiger charge is -2.07. The summed E-state index contributed by atoms with van der Waals surface area (Å²) in [7, 11) is 0. The third-order valence-corrected chi connectivity index (χ3v) is 2.46. The fourth-order valence-electron chi connectivity index (χ4n) is 1.52. The second kappa shape index (κ2) is 5.27. The molecule has 92 valence electrons. The number of hydrogen-bond acceptors (Lipinski definition) is 3. The quantitative estimate of drug-likeness (QED) is 0.809. The van der Waals surface area contributed by atoms with Crippen LogP contribution in [0.3, 0.4) is 0 Å². The standard InChI is InChI=1S/C13H12FN3O/c14-10-1-2-11(12(15)7-10)13(18)17-8-9-3-5-16-6-4-9/h1-7H,8,15H2,(H,17,18). The third-order valence-electron chi connectivity index (χ3n) is 2.46. The van der Waals surface area contributed by atoms with Crippen LogP contribution in [-0.2, 0) is 6.54 Å². The van der Waals surface area contributed by atoms with E-state index in [0.717, 1.165) is 11.6 Å². The Hall–Kier alpha value is -2.43. The SMILES string of the molecule is Nc1cc(F)ccc1C(=O)NCc1ccncc1. The molecule has 0 aliphatic rings. The number of hydrogen-bond donors (Lipinski definition) is 2. The molecule has 4 nitrogen and oxygen atoms in total. The van der Waals surface area contributed by atoms with Gasteiger partial charge < -0.3 is 11.1 Å². The first kappa shape index (κ1) is 12.0. The minimum Gasteiger partial charge on any atom is -0.398 e. The second-order valence-electron chi connectivity index (χ2n) is 3.77.